The number of hydrogen-bond donors (Lipinski definition) is 0. The number of hydrogen-bond acceptors (Lipinski definition) is 2. The summed E-state index contributed by atoms with van der Waals surface area (Å²) in [6, 6.07) is 0. The Morgan fingerprint density at radius 3 is 1.25 bits per heavy atom. The molecule has 0 fully saturated rings. The van der Waals surface area contributed by atoms with Gasteiger partial charge in [0.25, 0.3) is 0 Å². The van der Waals surface area contributed by atoms with Gasteiger partial charge in [-0.3, -0.25) is 0 Å². The van der Waals surface area contributed by atoms with Crippen LogP contribution >= 0.6 is 0 Å². The summed E-state index contributed by atoms with van der Waals surface area (Å²) in [5, 5.41) is 0. The zero-order chi connectivity index (χ0) is 4.00. The van der Waals surface area contributed by atoms with Crippen molar-refractivity contribution in [1.29, 1.82) is 0 Å². The van der Waals surface area contributed by atoms with Gasteiger partial charge in [-0.05, 0) is 0 Å². The summed E-state index contributed by atoms with van der Waals surface area (Å²) in [7, 11) is 0. The summed E-state index contributed by atoms with van der Waals surface area (Å²) in [4.78, 5) is 0. The molecule has 0 heterocycles. The molecule has 0 aromatic rings. The van der Waals surface area contributed by atoms with Gasteiger partial charge in [0.2, 0.25) is 0 Å². The summed E-state index contributed by atoms with van der Waals surface area (Å²) >= 11 is 0.425. The molecule has 0 unspecified atom stereocenters. The molecule has 0 aliphatic heterocycles. The van der Waals surface area contributed by atoms with Gasteiger partial charge in [0, 0.05) is 0 Å². The molecule has 0 amide bonds. The standard InChI is InChI=1S/2O.Sb.Zn.H. The van der Waals surface area contributed by atoms with Gasteiger partial charge in [0.05, 0.1) is 0 Å². The fourth-order valence-corrected chi connectivity index (χ4v) is 0. The van der Waals surface area contributed by atoms with E-state index < -0.39 is 0 Å². The summed E-state index contributed by atoms with van der Waals surface area (Å²) in [5.41, 5.74) is 0. The third-order valence-corrected chi connectivity index (χ3v) is 0. The van der Waals surface area contributed by atoms with Crippen LogP contribution in [0.25, 0.3) is 0 Å². The quantitative estimate of drug-likeness (QED) is 0.496. The minimum atomic E-state index is 0.125. The predicted octanol–water partition coefficient (Wildman–Crippen LogP) is -0.889. The van der Waals surface area contributed by atoms with Crippen LogP contribution < -0.4 is 0 Å². The van der Waals surface area contributed by atoms with E-state index in [-0.39, 0.29) is 18.3 Å². The van der Waals surface area contributed by atoms with E-state index in [0.717, 1.165) is 0 Å². The van der Waals surface area contributed by atoms with E-state index in [9.17, 15) is 0 Å². The van der Waals surface area contributed by atoms with E-state index in [1.807, 2.05) is 0 Å². The van der Waals surface area contributed by atoms with Gasteiger partial charge in [-0.1, -0.05) is 0 Å². The molecule has 4 heavy (non-hydrogen) atoms. The maximum absolute atomic E-state index is 8.38. The van der Waals surface area contributed by atoms with Crippen LogP contribution in [0.15, 0.2) is 0 Å². The topological polar surface area (TPSA) is 34.1 Å². The zero-order valence-electron chi connectivity index (χ0n) is 2.02. The Kier molecular flexibility index (Phi) is 76.7. The van der Waals surface area contributed by atoms with E-state index in [1.54, 1.807) is 0 Å². The van der Waals surface area contributed by atoms with Crippen molar-refractivity contribution in [3.8, 4) is 0 Å². The van der Waals surface area contributed by atoms with Crippen LogP contribution in [0.1, 0.15) is 0 Å². The number of rotatable bonds is 0. The van der Waals surface area contributed by atoms with E-state index in [2.05, 4.69) is 0 Å². The molecule has 0 aromatic carbocycles. The summed E-state index contributed by atoms with van der Waals surface area (Å²) in [6.07, 6.45) is 0. The van der Waals surface area contributed by atoms with Crippen LogP contribution in [0, 0.1) is 0 Å². The molecule has 4 heteroatoms. The molecular weight excluding hydrogens is 219 g/mol. The Balaban J connectivity index is 0. The normalized spacial score (nSPS) is 2.50. The van der Waals surface area contributed by atoms with Crippen molar-refractivity contribution in [2.75, 3.05) is 0 Å². The van der Waals surface area contributed by atoms with Crippen LogP contribution in [0.5, 0.6) is 0 Å². The van der Waals surface area contributed by atoms with Gasteiger partial charge in [-0.25, -0.2) is 0 Å². The van der Waals surface area contributed by atoms with Gasteiger partial charge < -0.3 is 0 Å². The first-order valence-electron chi connectivity index (χ1n) is 0.493. The van der Waals surface area contributed by atoms with Gasteiger partial charge in [-0.15, -0.1) is 0 Å². The van der Waals surface area contributed by atoms with Crippen molar-refractivity contribution in [2.24, 2.45) is 0 Å². The van der Waals surface area contributed by atoms with E-state index in [0.29, 0.717) is 23.0 Å². The van der Waals surface area contributed by atoms with Crippen LogP contribution in [-0.2, 0) is 24.8 Å². The predicted molar refractivity (Wildman–Crippen MR) is 8.52 cm³/mol. The van der Waals surface area contributed by atoms with Crippen molar-refractivity contribution < 1.29 is 24.8 Å². The molecule has 0 saturated heterocycles. The first-order valence-corrected chi connectivity index (χ1v) is 2.87. The van der Waals surface area contributed by atoms with Crippen LogP contribution in [-0.4, -0.2) is 23.0 Å². The molecule has 0 N–H and O–H groups in total. The second kappa shape index (κ2) is 34.5. The molecule has 0 radical (unpaired) electrons. The Bertz CT molecular complexity index is 8.00. The van der Waals surface area contributed by atoms with E-state index in [1.165, 1.54) is 0 Å². The Morgan fingerprint density at radius 2 is 1.25 bits per heavy atom. The molecule has 0 aliphatic carbocycles. The molecule has 0 atom stereocenters. The second-order valence-electron chi connectivity index (χ2n) is 0. The molecule has 0 spiro atoms. The average Bonchev–Trinajstić information content (AvgIpc) is 1.50. The first kappa shape index (κ1) is 8.90. The van der Waals surface area contributed by atoms with E-state index >= 15 is 0 Å². The van der Waals surface area contributed by atoms with Crippen molar-refractivity contribution in [3.05, 3.63) is 0 Å². The zero-order valence-corrected chi connectivity index (χ0v) is 7.84. The summed E-state index contributed by atoms with van der Waals surface area (Å²) in [6.45, 7) is 0. The molecule has 0 aliphatic rings. The fraction of sp³-hybridized carbons (Fsp3) is 0. The van der Waals surface area contributed by atoms with Gasteiger partial charge in [0.1, 0.15) is 0 Å². The van der Waals surface area contributed by atoms with Crippen molar-refractivity contribution in [1.82, 2.24) is 0 Å². The van der Waals surface area contributed by atoms with Gasteiger partial charge >= 0.3 is 47.9 Å². The molecule has 0 bridgehead atoms. The third-order valence-electron chi connectivity index (χ3n) is 0. The molecule has 0 saturated carbocycles. The molecule has 2 nitrogen and oxygen atoms in total. The molecule has 0 rings (SSSR count). The molecular formula is HO2SbZn. The van der Waals surface area contributed by atoms with Crippen LogP contribution in [0.4, 0.5) is 0 Å². The monoisotopic (exact) mass is 218 g/mol. The average molecular weight is 220 g/mol. The Morgan fingerprint density at radius 1 is 1.25 bits per heavy atom. The van der Waals surface area contributed by atoms with Gasteiger partial charge in [0.15, 0.2) is 0 Å². The Hall–Kier alpha value is 1.04. The minimum absolute atomic E-state index is 0.125. The maximum atomic E-state index is 8.38. The van der Waals surface area contributed by atoms with Crippen molar-refractivity contribution in [3.63, 3.8) is 0 Å². The Labute approximate surface area is 47.8 Å². The van der Waals surface area contributed by atoms with E-state index in [4.69, 9.17) is 6.59 Å². The first-order chi connectivity index (χ1) is 2.00. The van der Waals surface area contributed by atoms with Crippen molar-refractivity contribution in [2.45, 2.75) is 0 Å². The van der Waals surface area contributed by atoms with Crippen molar-refractivity contribution >= 4 is 23.0 Å². The van der Waals surface area contributed by atoms with Gasteiger partial charge in [-0.2, -0.15) is 0 Å². The molecule has 0 aromatic heterocycles. The third kappa shape index (κ3) is 11.7. The SMILES string of the molecule is [O]=[SbH].[O]=[Zn]. The molecule has 20 valence electrons. The van der Waals surface area contributed by atoms with Crippen LogP contribution in [0.2, 0.25) is 0 Å². The van der Waals surface area contributed by atoms with Crippen LogP contribution in [0.3, 0.4) is 0 Å². The fourth-order valence-electron chi connectivity index (χ4n) is 0. The summed E-state index contributed by atoms with van der Waals surface area (Å²) in [5.74, 6) is 0. The summed E-state index contributed by atoms with van der Waals surface area (Å²) < 4.78 is 16.7. The second-order valence-corrected chi connectivity index (χ2v) is 0.